The summed E-state index contributed by atoms with van der Waals surface area (Å²) >= 11 is 1.69. The van der Waals surface area contributed by atoms with Crippen LogP contribution in [0, 0.1) is 0 Å². The first kappa shape index (κ1) is 13.0. The molecule has 0 radical (unpaired) electrons. The van der Waals surface area contributed by atoms with Crippen LogP contribution in [0.5, 0.6) is 5.88 Å². The second kappa shape index (κ2) is 5.93. The topological polar surface area (TPSA) is 47.0 Å². The third kappa shape index (κ3) is 3.27. The lowest BCUT2D eigenvalue weighted by molar-refractivity contribution is 0.398. The van der Waals surface area contributed by atoms with Gasteiger partial charge in [0.15, 0.2) is 0 Å². The molecule has 0 aliphatic heterocycles. The summed E-state index contributed by atoms with van der Waals surface area (Å²) in [7, 11) is 1.61. The van der Waals surface area contributed by atoms with Gasteiger partial charge in [-0.05, 0) is 6.07 Å². The molecule has 18 heavy (non-hydrogen) atoms. The summed E-state index contributed by atoms with van der Waals surface area (Å²) in [5, 5.41) is 4.37. The molecule has 0 saturated carbocycles. The maximum absolute atomic E-state index is 5.04. The van der Waals surface area contributed by atoms with E-state index in [0.29, 0.717) is 11.9 Å². The van der Waals surface area contributed by atoms with Crippen LogP contribution in [0.25, 0.3) is 10.6 Å². The molecule has 0 atom stereocenters. The van der Waals surface area contributed by atoms with Crippen molar-refractivity contribution >= 4 is 11.3 Å². The number of pyridine rings is 1. The van der Waals surface area contributed by atoms with Gasteiger partial charge in [0.1, 0.15) is 5.01 Å². The Bertz CT molecular complexity index is 493. The number of ether oxygens (including phenoxy) is 1. The van der Waals surface area contributed by atoms with Crippen molar-refractivity contribution in [3.05, 3.63) is 29.4 Å². The number of methoxy groups -OCH3 is 1. The predicted octanol–water partition coefficient (Wildman–Crippen LogP) is 2.71. The highest BCUT2D eigenvalue weighted by Gasteiger charge is 2.06. The van der Waals surface area contributed by atoms with Crippen molar-refractivity contribution in [2.75, 3.05) is 7.11 Å². The van der Waals surface area contributed by atoms with Crippen LogP contribution in [-0.2, 0) is 6.54 Å². The van der Waals surface area contributed by atoms with Gasteiger partial charge in [0, 0.05) is 41.5 Å². The molecule has 0 bridgehead atoms. The molecular formula is C13H17N3OS. The second-order valence-electron chi connectivity index (χ2n) is 4.26. The van der Waals surface area contributed by atoms with Gasteiger partial charge in [0.05, 0.1) is 7.11 Å². The molecule has 2 heterocycles. The Morgan fingerprint density at radius 2 is 2.11 bits per heavy atom. The first-order chi connectivity index (χ1) is 8.69. The lowest BCUT2D eigenvalue weighted by atomic mass is 10.3. The van der Waals surface area contributed by atoms with E-state index < -0.39 is 0 Å². The Hall–Kier alpha value is -1.46. The van der Waals surface area contributed by atoms with Crippen LogP contribution >= 0.6 is 11.3 Å². The average molecular weight is 263 g/mol. The van der Waals surface area contributed by atoms with Gasteiger partial charge in [-0.1, -0.05) is 13.8 Å². The molecule has 0 fully saturated rings. The van der Waals surface area contributed by atoms with E-state index in [9.17, 15) is 0 Å². The smallest absolute Gasteiger partial charge is 0.212 e. The van der Waals surface area contributed by atoms with E-state index in [2.05, 4.69) is 29.1 Å². The lowest BCUT2D eigenvalue weighted by Gasteiger charge is -2.04. The number of nitrogens with zero attached hydrogens (tertiary/aromatic N) is 2. The number of hydrogen-bond acceptors (Lipinski definition) is 5. The Kier molecular flexibility index (Phi) is 4.28. The van der Waals surface area contributed by atoms with Gasteiger partial charge in [-0.3, -0.25) is 0 Å². The number of nitrogens with one attached hydrogen (secondary N) is 1. The average Bonchev–Trinajstić information content (AvgIpc) is 2.85. The van der Waals surface area contributed by atoms with Crippen molar-refractivity contribution in [3.8, 4) is 16.5 Å². The molecule has 2 aromatic heterocycles. The molecule has 0 unspecified atom stereocenters. The van der Waals surface area contributed by atoms with Gasteiger partial charge >= 0.3 is 0 Å². The number of aromatic nitrogens is 2. The molecule has 0 spiro atoms. The molecule has 0 saturated heterocycles. The van der Waals surface area contributed by atoms with Gasteiger partial charge in [-0.2, -0.15) is 0 Å². The van der Waals surface area contributed by atoms with Crippen molar-refractivity contribution in [2.45, 2.75) is 26.4 Å². The van der Waals surface area contributed by atoms with E-state index in [4.69, 9.17) is 4.74 Å². The summed E-state index contributed by atoms with van der Waals surface area (Å²) in [6.45, 7) is 5.13. The van der Waals surface area contributed by atoms with E-state index in [1.165, 1.54) is 4.88 Å². The Labute approximate surface area is 111 Å². The summed E-state index contributed by atoms with van der Waals surface area (Å²) in [4.78, 5) is 9.83. The Balaban J connectivity index is 2.08. The van der Waals surface area contributed by atoms with Gasteiger partial charge in [-0.15, -0.1) is 11.3 Å². The highest BCUT2D eigenvalue weighted by molar-refractivity contribution is 7.15. The fourth-order valence-electron chi connectivity index (χ4n) is 1.45. The summed E-state index contributed by atoms with van der Waals surface area (Å²) in [6.07, 6.45) is 3.71. The molecule has 0 aliphatic rings. The molecule has 1 N–H and O–H groups in total. The second-order valence-corrected chi connectivity index (χ2v) is 5.37. The van der Waals surface area contributed by atoms with E-state index in [1.54, 1.807) is 24.6 Å². The fourth-order valence-corrected chi connectivity index (χ4v) is 2.31. The zero-order chi connectivity index (χ0) is 13.0. The van der Waals surface area contributed by atoms with Gasteiger partial charge in [0.2, 0.25) is 5.88 Å². The minimum Gasteiger partial charge on any atom is -0.481 e. The molecule has 2 aromatic rings. The number of rotatable bonds is 5. The largest absolute Gasteiger partial charge is 0.481 e. The van der Waals surface area contributed by atoms with Crippen LogP contribution in [0.2, 0.25) is 0 Å². The van der Waals surface area contributed by atoms with Crippen LogP contribution in [0.1, 0.15) is 18.7 Å². The standard InChI is InChI=1S/C13H17N3OS/c1-9(2)14-7-11-8-16-13(18-11)10-4-5-12(17-3)15-6-10/h4-6,8-9,14H,7H2,1-3H3. The highest BCUT2D eigenvalue weighted by Crippen LogP contribution is 2.25. The van der Waals surface area contributed by atoms with E-state index >= 15 is 0 Å². The van der Waals surface area contributed by atoms with Crippen molar-refractivity contribution in [1.29, 1.82) is 0 Å². The van der Waals surface area contributed by atoms with Crippen LogP contribution in [0.3, 0.4) is 0 Å². The first-order valence-corrected chi connectivity index (χ1v) is 6.69. The lowest BCUT2D eigenvalue weighted by Crippen LogP contribution is -2.21. The first-order valence-electron chi connectivity index (χ1n) is 5.87. The highest BCUT2D eigenvalue weighted by atomic mass is 32.1. The van der Waals surface area contributed by atoms with Crippen LogP contribution in [0.4, 0.5) is 0 Å². The van der Waals surface area contributed by atoms with E-state index in [-0.39, 0.29) is 0 Å². The number of thiazole rings is 1. The maximum atomic E-state index is 5.04. The van der Waals surface area contributed by atoms with Crippen molar-refractivity contribution in [1.82, 2.24) is 15.3 Å². The third-order valence-electron chi connectivity index (χ3n) is 2.43. The zero-order valence-electron chi connectivity index (χ0n) is 10.8. The fraction of sp³-hybridized carbons (Fsp3) is 0.385. The molecule has 4 nitrogen and oxygen atoms in total. The summed E-state index contributed by atoms with van der Waals surface area (Å²) in [5.74, 6) is 0.622. The minimum absolute atomic E-state index is 0.484. The van der Waals surface area contributed by atoms with Crippen LogP contribution < -0.4 is 10.1 Å². The maximum Gasteiger partial charge on any atom is 0.212 e. The quantitative estimate of drug-likeness (QED) is 0.901. The minimum atomic E-state index is 0.484. The summed E-state index contributed by atoms with van der Waals surface area (Å²) < 4.78 is 5.04. The summed E-state index contributed by atoms with van der Waals surface area (Å²) in [5.41, 5.74) is 1.02. The SMILES string of the molecule is COc1ccc(-c2ncc(CNC(C)C)s2)cn1. The molecule has 96 valence electrons. The van der Waals surface area contributed by atoms with Gasteiger partial charge in [-0.25, -0.2) is 9.97 Å². The molecule has 0 amide bonds. The van der Waals surface area contributed by atoms with E-state index in [1.807, 2.05) is 18.3 Å². The molecule has 2 rings (SSSR count). The Morgan fingerprint density at radius 3 is 2.72 bits per heavy atom. The van der Waals surface area contributed by atoms with Crippen molar-refractivity contribution in [2.24, 2.45) is 0 Å². The Morgan fingerprint density at radius 1 is 1.28 bits per heavy atom. The van der Waals surface area contributed by atoms with Crippen LogP contribution in [-0.4, -0.2) is 23.1 Å². The monoisotopic (exact) mass is 263 g/mol. The molecule has 5 heteroatoms. The molecule has 0 aliphatic carbocycles. The predicted molar refractivity (Wildman–Crippen MR) is 73.9 cm³/mol. The van der Waals surface area contributed by atoms with Crippen LogP contribution in [0.15, 0.2) is 24.5 Å². The van der Waals surface area contributed by atoms with Gasteiger partial charge in [0.25, 0.3) is 0 Å². The zero-order valence-corrected chi connectivity index (χ0v) is 11.6. The molecule has 0 aromatic carbocycles. The number of hydrogen-bond donors (Lipinski definition) is 1. The van der Waals surface area contributed by atoms with Crippen molar-refractivity contribution in [3.63, 3.8) is 0 Å². The van der Waals surface area contributed by atoms with Gasteiger partial charge < -0.3 is 10.1 Å². The third-order valence-corrected chi connectivity index (χ3v) is 3.48. The molecular weight excluding hydrogens is 246 g/mol. The normalized spacial score (nSPS) is 10.9. The van der Waals surface area contributed by atoms with Crippen molar-refractivity contribution < 1.29 is 4.74 Å². The summed E-state index contributed by atoms with van der Waals surface area (Å²) in [6, 6.07) is 4.31. The van der Waals surface area contributed by atoms with E-state index in [0.717, 1.165) is 17.1 Å².